The van der Waals surface area contributed by atoms with Crippen molar-refractivity contribution >= 4 is 5.91 Å². The first-order valence-electron chi connectivity index (χ1n) is 7.52. The second kappa shape index (κ2) is 6.88. The number of rotatable bonds is 5. The standard InChI is InChI=1S/C15H25N3O2/c1-4-20-13(3)15-16-7-10-18(15)11-14(19)17-8-5-12(2)6-9-17/h7,10,12-13H,4-6,8-9,11H2,1-3H3/t13-/m1/s1. The van der Waals surface area contributed by atoms with E-state index in [4.69, 9.17) is 4.74 Å². The van der Waals surface area contributed by atoms with Crippen molar-refractivity contribution in [1.29, 1.82) is 0 Å². The Hall–Kier alpha value is -1.36. The number of carbonyl (C=O) groups is 1. The van der Waals surface area contributed by atoms with E-state index >= 15 is 0 Å². The molecule has 112 valence electrons. The third-order valence-corrected chi connectivity index (χ3v) is 3.97. The van der Waals surface area contributed by atoms with Gasteiger partial charge >= 0.3 is 0 Å². The SMILES string of the molecule is CCO[C@H](C)c1nccn1CC(=O)N1CCC(C)CC1. The molecule has 2 rings (SSSR count). The smallest absolute Gasteiger partial charge is 0.242 e. The van der Waals surface area contributed by atoms with Crippen molar-refractivity contribution in [3.05, 3.63) is 18.2 Å². The van der Waals surface area contributed by atoms with E-state index in [1.54, 1.807) is 6.20 Å². The third kappa shape index (κ3) is 3.60. The summed E-state index contributed by atoms with van der Waals surface area (Å²) >= 11 is 0. The summed E-state index contributed by atoms with van der Waals surface area (Å²) in [5, 5.41) is 0. The predicted molar refractivity (Wildman–Crippen MR) is 77.2 cm³/mol. The van der Waals surface area contributed by atoms with Crippen LogP contribution < -0.4 is 0 Å². The fourth-order valence-corrected chi connectivity index (χ4v) is 2.64. The van der Waals surface area contributed by atoms with Gasteiger partial charge in [-0.1, -0.05) is 6.92 Å². The maximum atomic E-state index is 12.3. The van der Waals surface area contributed by atoms with E-state index in [1.165, 1.54) is 0 Å². The van der Waals surface area contributed by atoms with E-state index in [1.807, 2.05) is 29.5 Å². The molecule has 1 aromatic rings. The Morgan fingerprint density at radius 3 is 2.85 bits per heavy atom. The second-order valence-electron chi connectivity index (χ2n) is 5.57. The summed E-state index contributed by atoms with van der Waals surface area (Å²) in [6, 6.07) is 0. The number of hydrogen-bond acceptors (Lipinski definition) is 3. The highest BCUT2D eigenvalue weighted by atomic mass is 16.5. The molecule has 1 saturated heterocycles. The minimum absolute atomic E-state index is 0.0795. The van der Waals surface area contributed by atoms with Crippen molar-refractivity contribution in [3.8, 4) is 0 Å². The average molecular weight is 279 g/mol. The van der Waals surface area contributed by atoms with Crippen LogP contribution in [-0.4, -0.2) is 40.1 Å². The van der Waals surface area contributed by atoms with Gasteiger partial charge in [-0.3, -0.25) is 4.79 Å². The molecule has 20 heavy (non-hydrogen) atoms. The summed E-state index contributed by atoms with van der Waals surface area (Å²) in [6.45, 7) is 8.95. The molecule has 0 aliphatic carbocycles. The van der Waals surface area contributed by atoms with E-state index < -0.39 is 0 Å². The monoisotopic (exact) mass is 279 g/mol. The highest BCUT2D eigenvalue weighted by Crippen LogP contribution is 2.18. The number of ether oxygens (including phenoxy) is 1. The Bertz CT molecular complexity index is 436. The molecule has 1 aromatic heterocycles. The van der Waals surface area contributed by atoms with Gasteiger partial charge in [-0.25, -0.2) is 4.98 Å². The highest BCUT2D eigenvalue weighted by molar-refractivity contribution is 5.76. The van der Waals surface area contributed by atoms with E-state index in [9.17, 15) is 4.79 Å². The van der Waals surface area contributed by atoms with E-state index in [2.05, 4.69) is 11.9 Å². The molecule has 0 saturated carbocycles. The maximum absolute atomic E-state index is 12.3. The lowest BCUT2D eigenvalue weighted by Gasteiger charge is -2.30. The number of carbonyl (C=O) groups excluding carboxylic acids is 1. The van der Waals surface area contributed by atoms with Crippen LogP contribution in [0.2, 0.25) is 0 Å². The third-order valence-electron chi connectivity index (χ3n) is 3.97. The Labute approximate surface area is 120 Å². The van der Waals surface area contributed by atoms with Crippen LogP contribution >= 0.6 is 0 Å². The lowest BCUT2D eigenvalue weighted by Crippen LogP contribution is -2.40. The van der Waals surface area contributed by atoms with Crippen molar-refractivity contribution in [1.82, 2.24) is 14.5 Å². The highest BCUT2D eigenvalue weighted by Gasteiger charge is 2.21. The van der Waals surface area contributed by atoms with Gasteiger partial charge in [0.25, 0.3) is 0 Å². The van der Waals surface area contributed by atoms with Crippen LogP contribution in [0.1, 0.15) is 45.5 Å². The van der Waals surface area contributed by atoms with Crippen LogP contribution in [0.3, 0.4) is 0 Å². The molecule has 1 amide bonds. The van der Waals surface area contributed by atoms with Crippen molar-refractivity contribution in [2.75, 3.05) is 19.7 Å². The molecular formula is C15H25N3O2. The number of likely N-dealkylation sites (tertiary alicyclic amines) is 1. The van der Waals surface area contributed by atoms with E-state index in [0.29, 0.717) is 13.2 Å². The fraction of sp³-hybridized carbons (Fsp3) is 0.733. The second-order valence-corrected chi connectivity index (χ2v) is 5.57. The molecule has 1 aliphatic rings. The Balaban J connectivity index is 1.96. The quantitative estimate of drug-likeness (QED) is 0.830. The number of nitrogens with zero attached hydrogens (tertiary/aromatic N) is 3. The molecule has 0 aromatic carbocycles. The summed E-state index contributed by atoms with van der Waals surface area (Å²) in [5.74, 6) is 1.74. The maximum Gasteiger partial charge on any atom is 0.242 e. The van der Waals surface area contributed by atoms with Crippen molar-refractivity contribution in [2.24, 2.45) is 5.92 Å². The summed E-state index contributed by atoms with van der Waals surface area (Å²) in [5.41, 5.74) is 0. The van der Waals surface area contributed by atoms with Gasteiger partial charge in [0, 0.05) is 32.1 Å². The number of amides is 1. The van der Waals surface area contributed by atoms with Gasteiger partial charge in [0.05, 0.1) is 0 Å². The molecule has 5 heteroatoms. The van der Waals surface area contributed by atoms with Gasteiger partial charge in [-0.05, 0) is 32.6 Å². The van der Waals surface area contributed by atoms with Crippen LogP contribution in [0.25, 0.3) is 0 Å². The Morgan fingerprint density at radius 2 is 2.20 bits per heavy atom. The zero-order chi connectivity index (χ0) is 14.5. The van der Waals surface area contributed by atoms with Gasteiger partial charge in [-0.15, -0.1) is 0 Å². The molecule has 1 atom stereocenters. The number of piperidine rings is 1. The molecule has 5 nitrogen and oxygen atoms in total. The normalized spacial score (nSPS) is 18.2. The molecule has 0 unspecified atom stereocenters. The van der Waals surface area contributed by atoms with Gasteiger partial charge in [0.2, 0.25) is 5.91 Å². The zero-order valence-corrected chi connectivity index (χ0v) is 12.7. The molecular weight excluding hydrogens is 254 g/mol. The lowest BCUT2D eigenvalue weighted by molar-refractivity contribution is -0.133. The van der Waals surface area contributed by atoms with Crippen LogP contribution in [0.4, 0.5) is 0 Å². The van der Waals surface area contributed by atoms with Crippen molar-refractivity contribution in [3.63, 3.8) is 0 Å². The summed E-state index contributed by atoms with van der Waals surface area (Å²) in [4.78, 5) is 18.6. The van der Waals surface area contributed by atoms with Crippen molar-refractivity contribution in [2.45, 2.75) is 46.3 Å². The van der Waals surface area contributed by atoms with Gasteiger partial charge in [0.1, 0.15) is 18.5 Å². The molecule has 0 spiro atoms. The first-order valence-corrected chi connectivity index (χ1v) is 7.52. The summed E-state index contributed by atoms with van der Waals surface area (Å²) in [7, 11) is 0. The van der Waals surface area contributed by atoms with Gasteiger partial charge < -0.3 is 14.2 Å². The van der Waals surface area contributed by atoms with Crippen molar-refractivity contribution < 1.29 is 9.53 Å². The molecule has 0 N–H and O–H groups in total. The molecule has 0 radical (unpaired) electrons. The summed E-state index contributed by atoms with van der Waals surface area (Å²) in [6.07, 6.45) is 5.73. The van der Waals surface area contributed by atoms with E-state index in [0.717, 1.165) is 37.7 Å². The largest absolute Gasteiger partial charge is 0.371 e. The number of aromatic nitrogens is 2. The van der Waals surface area contributed by atoms with E-state index in [-0.39, 0.29) is 12.0 Å². The minimum Gasteiger partial charge on any atom is -0.371 e. The van der Waals surface area contributed by atoms with Crippen LogP contribution in [-0.2, 0) is 16.1 Å². The average Bonchev–Trinajstić information content (AvgIpc) is 2.88. The Kier molecular flexibility index (Phi) is 5.17. The predicted octanol–water partition coefficient (Wildman–Crippen LogP) is 2.24. The summed E-state index contributed by atoms with van der Waals surface area (Å²) < 4.78 is 7.46. The first kappa shape index (κ1) is 15.0. The topological polar surface area (TPSA) is 47.4 Å². The van der Waals surface area contributed by atoms with Crippen LogP contribution in [0.5, 0.6) is 0 Å². The zero-order valence-electron chi connectivity index (χ0n) is 12.7. The minimum atomic E-state index is -0.0795. The lowest BCUT2D eigenvalue weighted by atomic mass is 9.99. The molecule has 2 heterocycles. The van der Waals surface area contributed by atoms with Gasteiger partial charge in [-0.2, -0.15) is 0 Å². The molecule has 1 fully saturated rings. The number of hydrogen-bond donors (Lipinski definition) is 0. The first-order chi connectivity index (χ1) is 9.61. The van der Waals surface area contributed by atoms with Gasteiger partial charge in [0.15, 0.2) is 0 Å². The molecule has 0 bridgehead atoms. The molecule has 1 aliphatic heterocycles. The fourth-order valence-electron chi connectivity index (χ4n) is 2.64. The van der Waals surface area contributed by atoms with Crippen LogP contribution in [0.15, 0.2) is 12.4 Å². The van der Waals surface area contributed by atoms with Crippen LogP contribution in [0, 0.1) is 5.92 Å². The Morgan fingerprint density at radius 1 is 1.50 bits per heavy atom. The number of imidazole rings is 1.